The van der Waals surface area contributed by atoms with E-state index in [1.807, 2.05) is 31.2 Å². The average molecular weight is 264 g/mol. The second-order valence-corrected chi connectivity index (χ2v) is 4.95. The van der Waals surface area contributed by atoms with Crippen molar-refractivity contribution in [3.05, 3.63) is 41.5 Å². The molecule has 1 aliphatic carbocycles. The lowest BCUT2D eigenvalue weighted by Crippen LogP contribution is -2.46. The Labute approximate surface area is 112 Å². The first-order valence-electron chi connectivity index (χ1n) is 6.54. The molecule has 4 atom stereocenters. The van der Waals surface area contributed by atoms with E-state index < -0.39 is 24.2 Å². The molecule has 0 saturated carbocycles. The lowest BCUT2D eigenvalue weighted by molar-refractivity contribution is -0.0687. The molecule has 0 radical (unpaired) electrons. The molecule has 0 heterocycles. The molecule has 0 spiro atoms. The zero-order chi connectivity index (χ0) is 14.0. The molecule has 0 aromatic heterocycles. The molecule has 2 rings (SSSR count). The molecule has 0 amide bonds. The summed E-state index contributed by atoms with van der Waals surface area (Å²) in [6.45, 7) is 1.78. The monoisotopic (exact) mass is 264 g/mol. The van der Waals surface area contributed by atoms with Crippen molar-refractivity contribution in [3.8, 4) is 0 Å². The number of hydrogen-bond acceptors (Lipinski definition) is 4. The van der Waals surface area contributed by atoms with Crippen molar-refractivity contribution in [3.63, 3.8) is 0 Å². The third-order valence-electron chi connectivity index (χ3n) is 3.70. The summed E-state index contributed by atoms with van der Waals surface area (Å²) in [5.74, 6) is -0.557. The Kier molecular flexibility index (Phi) is 4.37. The highest BCUT2D eigenvalue weighted by molar-refractivity contribution is 5.71. The predicted molar refractivity (Wildman–Crippen MR) is 72.4 cm³/mol. The Bertz CT molecular complexity index is 469. The fourth-order valence-corrected chi connectivity index (χ4v) is 2.45. The van der Waals surface area contributed by atoms with Gasteiger partial charge in [-0.3, -0.25) is 0 Å². The summed E-state index contributed by atoms with van der Waals surface area (Å²) in [6.07, 6.45) is -1.02. The Hall–Kier alpha value is -1.20. The molecule has 19 heavy (non-hydrogen) atoms. The SMILES string of the molecule is CCc1cccc(C2=C[C@H](CO)[C@@H](O)[C@H](O)[C@H]2O)c1. The van der Waals surface area contributed by atoms with Crippen LogP contribution < -0.4 is 0 Å². The van der Waals surface area contributed by atoms with Gasteiger partial charge in [0.25, 0.3) is 0 Å². The Morgan fingerprint density at radius 3 is 2.47 bits per heavy atom. The quantitative estimate of drug-likeness (QED) is 0.634. The van der Waals surface area contributed by atoms with Gasteiger partial charge in [0.1, 0.15) is 12.2 Å². The molecule has 104 valence electrons. The summed E-state index contributed by atoms with van der Waals surface area (Å²) >= 11 is 0. The minimum absolute atomic E-state index is 0.262. The van der Waals surface area contributed by atoms with E-state index in [1.54, 1.807) is 6.08 Å². The first kappa shape index (κ1) is 14.2. The van der Waals surface area contributed by atoms with Gasteiger partial charge in [-0.25, -0.2) is 0 Å². The van der Waals surface area contributed by atoms with Gasteiger partial charge < -0.3 is 20.4 Å². The summed E-state index contributed by atoms with van der Waals surface area (Å²) in [7, 11) is 0. The number of hydrogen-bond donors (Lipinski definition) is 4. The van der Waals surface area contributed by atoms with E-state index in [-0.39, 0.29) is 6.61 Å². The summed E-state index contributed by atoms with van der Waals surface area (Å²) in [6, 6.07) is 7.70. The normalized spacial score (nSPS) is 31.1. The number of rotatable bonds is 3. The van der Waals surface area contributed by atoms with Crippen LogP contribution in [0.4, 0.5) is 0 Å². The van der Waals surface area contributed by atoms with E-state index >= 15 is 0 Å². The van der Waals surface area contributed by atoms with Crippen LogP contribution in [0, 0.1) is 5.92 Å². The third-order valence-corrected chi connectivity index (χ3v) is 3.70. The number of benzene rings is 1. The smallest absolute Gasteiger partial charge is 0.111 e. The van der Waals surface area contributed by atoms with Gasteiger partial charge in [0.2, 0.25) is 0 Å². The minimum atomic E-state index is -1.28. The van der Waals surface area contributed by atoms with Gasteiger partial charge in [0.15, 0.2) is 0 Å². The Balaban J connectivity index is 2.40. The van der Waals surface area contributed by atoms with E-state index in [9.17, 15) is 20.4 Å². The maximum Gasteiger partial charge on any atom is 0.111 e. The van der Waals surface area contributed by atoms with Crippen LogP contribution in [0.5, 0.6) is 0 Å². The van der Waals surface area contributed by atoms with Crippen molar-refractivity contribution in [1.29, 1.82) is 0 Å². The van der Waals surface area contributed by atoms with Crippen LogP contribution in [0.25, 0.3) is 5.57 Å². The van der Waals surface area contributed by atoms with E-state index in [0.717, 1.165) is 17.5 Å². The van der Waals surface area contributed by atoms with Crippen LogP contribution in [-0.4, -0.2) is 45.3 Å². The second-order valence-electron chi connectivity index (χ2n) is 4.95. The van der Waals surface area contributed by atoms with E-state index in [0.29, 0.717) is 5.57 Å². The van der Waals surface area contributed by atoms with Crippen molar-refractivity contribution in [2.24, 2.45) is 5.92 Å². The van der Waals surface area contributed by atoms with Crippen LogP contribution >= 0.6 is 0 Å². The second kappa shape index (κ2) is 5.84. The predicted octanol–water partition coefficient (Wildman–Crippen LogP) is 0.337. The summed E-state index contributed by atoms with van der Waals surface area (Å²) in [5.41, 5.74) is 2.51. The lowest BCUT2D eigenvalue weighted by Gasteiger charge is -2.34. The first-order chi connectivity index (χ1) is 9.08. The Morgan fingerprint density at radius 1 is 1.11 bits per heavy atom. The van der Waals surface area contributed by atoms with Crippen molar-refractivity contribution in [2.45, 2.75) is 31.7 Å². The van der Waals surface area contributed by atoms with Crippen molar-refractivity contribution >= 4 is 5.57 Å². The summed E-state index contributed by atoms with van der Waals surface area (Å²) < 4.78 is 0. The molecular formula is C15H20O4. The fourth-order valence-electron chi connectivity index (χ4n) is 2.45. The summed E-state index contributed by atoms with van der Waals surface area (Å²) in [4.78, 5) is 0. The van der Waals surface area contributed by atoms with Gasteiger partial charge in [-0.2, -0.15) is 0 Å². The molecule has 1 aromatic carbocycles. The highest BCUT2D eigenvalue weighted by Gasteiger charge is 2.37. The van der Waals surface area contributed by atoms with Crippen molar-refractivity contribution < 1.29 is 20.4 Å². The molecule has 1 aromatic rings. The van der Waals surface area contributed by atoms with Crippen LogP contribution in [0.3, 0.4) is 0 Å². The van der Waals surface area contributed by atoms with Gasteiger partial charge in [0, 0.05) is 5.92 Å². The van der Waals surface area contributed by atoms with Crippen LogP contribution in [0.2, 0.25) is 0 Å². The van der Waals surface area contributed by atoms with Crippen molar-refractivity contribution in [1.82, 2.24) is 0 Å². The van der Waals surface area contributed by atoms with E-state index in [1.165, 1.54) is 0 Å². The molecule has 4 N–H and O–H groups in total. The van der Waals surface area contributed by atoms with Crippen LogP contribution in [-0.2, 0) is 6.42 Å². The lowest BCUT2D eigenvalue weighted by atomic mass is 9.81. The number of aliphatic hydroxyl groups excluding tert-OH is 4. The first-order valence-corrected chi connectivity index (χ1v) is 6.54. The molecule has 0 saturated heterocycles. The molecule has 4 nitrogen and oxygen atoms in total. The molecular weight excluding hydrogens is 244 g/mol. The zero-order valence-electron chi connectivity index (χ0n) is 10.9. The van der Waals surface area contributed by atoms with Crippen LogP contribution in [0.1, 0.15) is 18.1 Å². The Morgan fingerprint density at radius 2 is 1.84 bits per heavy atom. The highest BCUT2D eigenvalue weighted by Crippen LogP contribution is 2.31. The maximum atomic E-state index is 10.1. The molecule has 0 aliphatic heterocycles. The molecule has 0 unspecified atom stereocenters. The molecule has 0 fully saturated rings. The summed E-state index contributed by atoms with van der Waals surface area (Å²) in [5, 5.41) is 38.9. The highest BCUT2D eigenvalue weighted by atomic mass is 16.4. The number of aryl methyl sites for hydroxylation is 1. The molecule has 4 heteroatoms. The number of aliphatic hydroxyl groups is 4. The van der Waals surface area contributed by atoms with Gasteiger partial charge in [-0.15, -0.1) is 0 Å². The van der Waals surface area contributed by atoms with E-state index in [2.05, 4.69) is 0 Å². The molecule has 1 aliphatic rings. The van der Waals surface area contributed by atoms with Gasteiger partial charge in [0.05, 0.1) is 12.7 Å². The average Bonchev–Trinajstić information content (AvgIpc) is 2.45. The van der Waals surface area contributed by atoms with E-state index in [4.69, 9.17) is 0 Å². The largest absolute Gasteiger partial charge is 0.396 e. The van der Waals surface area contributed by atoms with Gasteiger partial charge in [-0.1, -0.05) is 37.3 Å². The van der Waals surface area contributed by atoms with Crippen LogP contribution in [0.15, 0.2) is 30.3 Å². The van der Waals surface area contributed by atoms with Gasteiger partial charge in [-0.05, 0) is 23.1 Å². The topological polar surface area (TPSA) is 80.9 Å². The fraction of sp³-hybridized carbons (Fsp3) is 0.467. The standard InChI is InChI=1S/C15H20O4/c1-2-9-4-3-5-10(6-9)12-7-11(8-16)13(17)15(19)14(12)18/h3-7,11,13-19H,2,8H2,1H3/t11-,13-,14+,15+/m1/s1. The minimum Gasteiger partial charge on any atom is -0.396 e. The van der Waals surface area contributed by atoms with Crippen molar-refractivity contribution in [2.75, 3.05) is 6.61 Å². The maximum absolute atomic E-state index is 10.1. The third kappa shape index (κ3) is 2.72. The van der Waals surface area contributed by atoms with Gasteiger partial charge >= 0.3 is 0 Å². The molecule has 0 bridgehead atoms. The zero-order valence-corrected chi connectivity index (χ0v) is 10.9.